The lowest BCUT2D eigenvalue weighted by molar-refractivity contribution is -0.00406. The van der Waals surface area contributed by atoms with Crippen LogP contribution in [-0.2, 0) is 4.74 Å². The van der Waals surface area contributed by atoms with E-state index in [1.54, 1.807) is 0 Å². The summed E-state index contributed by atoms with van der Waals surface area (Å²) in [5.41, 5.74) is -0.349. The molecule has 1 spiro atoms. The van der Waals surface area contributed by atoms with Crippen molar-refractivity contribution in [3.63, 3.8) is 0 Å². The number of rotatable bonds is 0. The zero-order valence-corrected chi connectivity index (χ0v) is 10.7. The molecule has 16 heavy (non-hydrogen) atoms. The summed E-state index contributed by atoms with van der Waals surface area (Å²) in [6.45, 7) is 9.60. The van der Waals surface area contributed by atoms with Gasteiger partial charge in [0, 0.05) is 19.1 Å². The second-order valence-electron chi connectivity index (χ2n) is 6.05. The highest BCUT2D eigenvalue weighted by Gasteiger charge is 2.54. The van der Waals surface area contributed by atoms with Gasteiger partial charge in [-0.15, -0.1) is 0 Å². The molecule has 2 fully saturated rings. The van der Waals surface area contributed by atoms with Gasteiger partial charge in [-0.1, -0.05) is 0 Å². The van der Waals surface area contributed by atoms with Gasteiger partial charge in [0.2, 0.25) is 0 Å². The summed E-state index contributed by atoms with van der Waals surface area (Å²) in [6, 6.07) is 0.228. The number of hydrogen-bond donors (Lipinski definition) is 1. The Morgan fingerprint density at radius 3 is 2.56 bits per heavy atom. The molecule has 2 aliphatic rings. The van der Waals surface area contributed by atoms with Crippen LogP contribution in [0.1, 0.15) is 40.5 Å². The Balaban J connectivity index is 2.08. The van der Waals surface area contributed by atoms with E-state index in [2.05, 4.69) is 12.2 Å². The normalized spacial score (nSPS) is 28.0. The van der Waals surface area contributed by atoms with Crippen LogP contribution in [0, 0.1) is 0 Å². The molecular weight excluding hydrogens is 204 g/mol. The van der Waals surface area contributed by atoms with Crippen LogP contribution in [0.3, 0.4) is 0 Å². The molecule has 0 aromatic rings. The summed E-state index contributed by atoms with van der Waals surface area (Å²) in [4.78, 5) is 14.1. The Kier molecular flexibility index (Phi) is 2.65. The number of amides is 1. The molecule has 2 rings (SSSR count). The highest BCUT2D eigenvalue weighted by Crippen LogP contribution is 2.44. The van der Waals surface area contributed by atoms with Crippen LogP contribution in [0.5, 0.6) is 0 Å². The number of ether oxygens (including phenoxy) is 1. The summed E-state index contributed by atoms with van der Waals surface area (Å²) in [6.07, 6.45) is 2.05. The third-order valence-corrected chi connectivity index (χ3v) is 3.26. The van der Waals surface area contributed by atoms with E-state index in [9.17, 15) is 4.79 Å². The van der Waals surface area contributed by atoms with E-state index in [4.69, 9.17) is 4.74 Å². The van der Waals surface area contributed by atoms with Crippen molar-refractivity contribution in [3.8, 4) is 0 Å². The monoisotopic (exact) mass is 226 g/mol. The first-order valence-electron chi connectivity index (χ1n) is 6.07. The van der Waals surface area contributed by atoms with Crippen molar-refractivity contribution in [1.82, 2.24) is 10.2 Å². The number of nitrogens with zero attached hydrogens (tertiary/aromatic N) is 1. The zero-order valence-electron chi connectivity index (χ0n) is 10.7. The van der Waals surface area contributed by atoms with Crippen LogP contribution in [0.4, 0.5) is 4.79 Å². The molecule has 1 atom stereocenters. The highest BCUT2D eigenvalue weighted by molar-refractivity contribution is 5.70. The fraction of sp³-hybridized carbons (Fsp3) is 0.917. The molecule has 1 aliphatic heterocycles. The predicted octanol–water partition coefficient (Wildman–Crippen LogP) is 1.75. The lowest BCUT2D eigenvalue weighted by atomic mass is 10.1. The molecule has 1 heterocycles. The molecule has 1 aliphatic carbocycles. The van der Waals surface area contributed by atoms with Gasteiger partial charge in [0.25, 0.3) is 0 Å². The molecule has 0 bridgehead atoms. The summed E-state index contributed by atoms with van der Waals surface area (Å²) < 4.78 is 5.48. The Bertz CT molecular complexity index is 292. The molecule has 4 heteroatoms. The van der Waals surface area contributed by atoms with Crippen LogP contribution in [0.2, 0.25) is 0 Å². The summed E-state index contributed by atoms with van der Waals surface area (Å²) in [5, 5.41) is 3.39. The van der Waals surface area contributed by atoms with Crippen LogP contribution in [0.15, 0.2) is 0 Å². The lowest BCUT2D eigenvalue weighted by Crippen LogP contribution is -2.60. The first-order chi connectivity index (χ1) is 7.34. The zero-order chi connectivity index (χ0) is 12.0. The SMILES string of the molecule is CC1CNCC2(CC2)N1C(=O)OC(C)(C)C. The van der Waals surface area contributed by atoms with Crippen molar-refractivity contribution in [1.29, 1.82) is 0 Å². The van der Waals surface area contributed by atoms with Gasteiger partial charge in [0.1, 0.15) is 5.60 Å². The van der Waals surface area contributed by atoms with Crippen molar-refractivity contribution in [2.24, 2.45) is 0 Å². The second kappa shape index (κ2) is 3.62. The topological polar surface area (TPSA) is 41.6 Å². The van der Waals surface area contributed by atoms with Crippen molar-refractivity contribution >= 4 is 6.09 Å². The van der Waals surface area contributed by atoms with Crippen molar-refractivity contribution < 1.29 is 9.53 Å². The van der Waals surface area contributed by atoms with Gasteiger partial charge in [-0.25, -0.2) is 4.79 Å². The fourth-order valence-electron chi connectivity index (χ4n) is 2.40. The van der Waals surface area contributed by atoms with Gasteiger partial charge in [0.05, 0.1) is 5.54 Å². The predicted molar refractivity (Wildman–Crippen MR) is 62.4 cm³/mol. The van der Waals surface area contributed by atoms with E-state index in [0.29, 0.717) is 0 Å². The van der Waals surface area contributed by atoms with E-state index >= 15 is 0 Å². The second-order valence-corrected chi connectivity index (χ2v) is 6.05. The quantitative estimate of drug-likeness (QED) is 0.684. The van der Waals surface area contributed by atoms with E-state index < -0.39 is 5.60 Å². The van der Waals surface area contributed by atoms with Gasteiger partial charge in [0.15, 0.2) is 0 Å². The van der Waals surface area contributed by atoms with E-state index in [1.807, 2.05) is 25.7 Å². The Hall–Kier alpha value is -0.770. The third kappa shape index (κ3) is 2.17. The minimum atomic E-state index is -0.405. The highest BCUT2D eigenvalue weighted by atomic mass is 16.6. The third-order valence-electron chi connectivity index (χ3n) is 3.26. The number of carbonyl (C=O) groups excluding carboxylic acids is 1. The van der Waals surface area contributed by atoms with Gasteiger partial charge < -0.3 is 10.1 Å². The average molecular weight is 226 g/mol. The molecule has 1 saturated heterocycles. The van der Waals surface area contributed by atoms with Crippen LogP contribution >= 0.6 is 0 Å². The minimum absolute atomic E-state index is 0.0556. The molecule has 0 aromatic heterocycles. The Morgan fingerprint density at radius 1 is 1.44 bits per heavy atom. The van der Waals surface area contributed by atoms with E-state index in [-0.39, 0.29) is 17.7 Å². The maximum Gasteiger partial charge on any atom is 0.411 e. The lowest BCUT2D eigenvalue weighted by Gasteiger charge is -2.42. The van der Waals surface area contributed by atoms with Crippen LogP contribution in [0.25, 0.3) is 0 Å². The molecule has 1 N–H and O–H groups in total. The van der Waals surface area contributed by atoms with E-state index in [1.165, 1.54) is 0 Å². The fourth-order valence-corrected chi connectivity index (χ4v) is 2.40. The van der Waals surface area contributed by atoms with Crippen LogP contribution in [-0.4, -0.2) is 41.3 Å². The molecule has 0 radical (unpaired) electrons. The molecule has 92 valence electrons. The maximum atomic E-state index is 12.2. The number of carbonyl (C=O) groups is 1. The summed E-state index contributed by atoms with van der Waals surface area (Å²) >= 11 is 0. The van der Waals surface area contributed by atoms with Gasteiger partial charge in [-0.3, -0.25) is 4.90 Å². The maximum absolute atomic E-state index is 12.2. The van der Waals surface area contributed by atoms with Crippen molar-refractivity contribution in [2.45, 2.75) is 57.7 Å². The van der Waals surface area contributed by atoms with Crippen molar-refractivity contribution in [2.75, 3.05) is 13.1 Å². The molecule has 1 amide bonds. The summed E-state index contributed by atoms with van der Waals surface area (Å²) in [5.74, 6) is 0. The Morgan fingerprint density at radius 2 is 2.06 bits per heavy atom. The van der Waals surface area contributed by atoms with Gasteiger partial charge in [-0.05, 0) is 40.5 Å². The smallest absolute Gasteiger partial charge is 0.411 e. The number of piperazine rings is 1. The van der Waals surface area contributed by atoms with Crippen LogP contribution < -0.4 is 5.32 Å². The number of nitrogens with one attached hydrogen (secondary N) is 1. The first-order valence-corrected chi connectivity index (χ1v) is 6.07. The van der Waals surface area contributed by atoms with Gasteiger partial charge >= 0.3 is 6.09 Å². The number of hydrogen-bond acceptors (Lipinski definition) is 3. The van der Waals surface area contributed by atoms with Gasteiger partial charge in [-0.2, -0.15) is 0 Å². The Labute approximate surface area is 97.3 Å². The summed E-state index contributed by atoms with van der Waals surface area (Å²) in [7, 11) is 0. The van der Waals surface area contributed by atoms with Crippen molar-refractivity contribution in [3.05, 3.63) is 0 Å². The minimum Gasteiger partial charge on any atom is -0.444 e. The largest absolute Gasteiger partial charge is 0.444 e. The molecule has 1 saturated carbocycles. The molecule has 1 unspecified atom stereocenters. The average Bonchev–Trinajstić information content (AvgIpc) is 2.81. The first kappa shape index (κ1) is 11.7. The molecule has 0 aromatic carbocycles. The standard InChI is InChI=1S/C12H22N2O2/c1-9-7-13-8-12(5-6-12)14(9)10(15)16-11(2,3)4/h9,13H,5-8H2,1-4H3. The van der Waals surface area contributed by atoms with E-state index in [0.717, 1.165) is 25.9 Å². The molecule has 4 nitrogen and oxygen atoms in total. The molecular formula is C12H22N2O2.